The van der Waals surface area contributed by atoms with Gasteiger partial charge in [0.1, 0.15) is 33.9 Å². The zero-order valence-corrected chi connectivity index (χ0v) is 20.2. The maximum absolute atomic E-state index is 13.6. The largest absolute Gasteiger partial charge is 0.495 e. The third-order valence-electron chi connectivity index (χ3n) is 4.99. The minimum absolute atomic E-state index is 0.0476. The molecule has 4 rings (SSSR count). The molecule has 0 spiro atoms. The molecule has 3 N–H and O–H groups in total. The summed E-state index contributed by atoms with van der Waals surface area (Å²) in [5, 5.41) is 6.45. The van der Waals surface area contributed by atoms with E-state index in [2.05, 4.69) is 25.3 Å². The van der Waals surface area contributed by atoms with Gasteiger partial charge in [0.15, 0.2) is 0 Å². The fourth-order valence-electron chi connectivity index (χ4n) is 3.32. The quantitative estimate of drug-likeness (QED) is 0.296. The van der Waals surface area contributed by atoms with Gasteiger partial charge in [0, 0.05) is 23.1 Å². The number of anilines is 5. The van der Waals surface area contributed by atoms with E-state index in [1.54, 1.807) is 37.3 Å². The number of ether oxygens (including phenoxy) is 1. The highest BCUT2D eigenvalue weighted by Crippen LogP contribution is 2.27. The van der Waals surface area contributed by atoms with Crippen LogP contribution in [0.2, 0.25) is 0 Å². The van der Waals surface area contributed by atoms with E-state index in [-0.39, 0.29) is 10.6 Å². The van der Waals surface area contributed by atoms with Crippen molar-refractivity contribution in [2.45, 2.75) is 18.7 Å². The first kappa shape index (κ1) is 24.0. The minimum Gasteiger partial charge on any atom is -0.495 e. The highest BCUT2D eigenvalue weighted by atomic mass is 32.2. The van der Waals surface area contributed by atoms with Gasteiger partial charge in [-0.05, 0) is 68.4 Å². The summed E-state index contributed by atoms with van der Waals surface area (Å²) in [5.41, 5.74) is 3.07. The van der Waals surface area contributed by atoms with Crippen LogP contribution in [0.1, 0.15) is 11.4 Å². The number of methoxy groups -OCH3 is 1. The van der Waals surface area contributed by atoms with Gasteiger partial charge in [-0.2, -0.15) is 0 Å². The number of nitrogens with one attached hydrogen (secondary N) is 3. The smallest absolute Gasteiger partial charge is 0.265 e. The van der Waals surface area contributed by atoms with Crippen LogP contribution in [0.4, 0.5) is 33.1 Å². The van der Waals surface area contributed by atoms with Gasteiger partial charge in [-0.3, -0.25) is 4.72 Å². The number of sulfonamides is 1. The van der Waals surface area contributed by atoms with E-state index in [9.17, 15) is 12.8 Å². The van der Waals surface area contributed by atoms with Crippen LogP contribution in [0.25, 0.3) is 0 Å². The standard InChI is InChI=1S/C25H24FN5O3S/c1-16-4-7-19(8-5-16)29-24-15-25(28-17(2)27-24)30-20-9-11-21(12-10-20)31-35(32,33)23-14-18(26)6-13-22(23)34-3/h4-15,31H,1-3H3,(H2,27,28,29,30). The Balaban J connectivity index is 1.48. The first-order valence-corrected chi connectivity index (χ1v) is 12.1. The summed E-state index contributed by atoms with van der Waals surface area (Å²) in [4.78, 5) is 8.55. The SMILES string of the molecule is COc1ccc(F)cc1S(=O)(=O)Nc1ccc(Nc2cc(Nc3ccc(C)cc3)nc(C)n2)cc1. The average molecular weight is 494 g/mol. The van der Waals surface area contributed by atoms with Crippen molar-refractivity contribution in [3.63, 3.8) is 0 Å². The molecule has 0 fully saturated rings. The molecule has 0 amide bonds. The maximum Gasteiger partial charge on any atom is 0.265 e. The van der Waals surface area contributed by atoms with E-state index in [1.165, 1.54) is 13.2 Å². The minimum atomic E-state index is -4.06. The first-order chi connectivity index (χ1) is 16.7. The van der Waals surface area contributed by atoms with Gasteiger partial charge in [0.2, 0.25) is 0 Å². The third-order valence-corrected chi connectivity index (χ3v) is 6.39. The molecule has 0 unspecified atom stereocenters. The molecule has 0 radical (unpaired) electrons. The predicted molar refractivity (Wildman–Crippen MR) is 135 cm³/mol. The van der Waals surface area contributed by atoms with E-state index in [0.717, 1.165) is 23.4 Å². The Kier molecular flexibility index (Phi) is 6.83. The number of rotatable bonds is 8. The molecule has 3 aromatic carbocycles. The van der Waals surface area contributed by atoms with Crippen LogP contribution < -0.4 is 20.1 Å². The Hall–Kier alpha value is -4.18. The van der Waals surface area contributed by atoms with Gasteiger partial charge in [0.05, 0.1) is 7.11 Å². The molecule has 0 bridgehead atoms. The van der Waals surface area contributed by atoms with Crippen molar-refractivity contribution in [1.29, 1.82) is 0 Å². The predicted octanol–water partition coefficient (Wildman–Crippen LogP) is 5.53. The summed E-state index contributed by atoms with van der Waals surface area (Å²) in [6.45, 7) is 3.82. The molecule has 0 saturated heterocycles. The van der Waals surface area contributed by atoms with E-state index in [0.29, 0.717) is 28.8 Å². The number of aromatic nitrogens is 2. The highest BCUT2D eigenvalue weighted by molar-refractivity contribution is 7.92. The van der Waals surface area contributed by atoms with Gasteiger partial charge >= 0.3 is 0 Å². The molecule has 10 heteroatoms. The van der Waals surface area contributed by atoms with Crippen molar-refractivity contribution in [1.82, 2.24) is 9.97 Å². The molecule has 4 aromatic rings. The number of benzene rings is 3. The molecule has 0 aliphatic carbocycles. The van der Waals surface area contributed by atoms with E-state index in [1.807, 2.05) is 31.2 Å². The monoisotopic (exact) mass is 493 g/mol. The van der Waals surface area contributed by atoms with Gasteiger partial charge in [0.25, 0.3) is 10.0 Å². The zero-order valence-electron chi connectivity index (χ0n) is 19.3. The Morgan fingerprint density at radius 1 is 0.771 bits per heavy atom. The fraction of sp³-hybridized carbons (Fsp3) is 0.120. The van der Waals surface area contributed by atoms with Gasteiger partial charge in [-0.1, -0.05) is 17.7 Å². The Bertz CT molecular complexity index is 1440. The summed E-state index contributed by atoms with van der Waals surface area (Å²) < 4.78 is 46.6. The summed E-state index contributed by atoms with van der Waals surface area (Å²) in [6.07, 6.45) is 0. The molecule has 8 nitrogen and oxygen atoms in total. The third kappa shape index (κ3) is 6.04. The van der Waals surface area contributed by atoms with E-state index in [4.69, 9.17) is 4.74 Å². The molecule has 1 heterocycles. The van der Waals surface area contributed by atoms with Crippen LogP contribution in [0.5, 0.6) is 5.75 Å². The zero-order chi connectivity index (χ0) is 25.0. The second kappa shape index (κ2) is 9.98. The number of hydrogen-bond donors (Lipinski definition) is 3. The molecular formula is C25H24FN5O3S. The van der Waals surface area contributed by atoms with Crippen molar-refractivity contribution in [3.8, 4) is 5.75 Å². The fourth-order valence-corrected chi connectivity index (χ4v) is 4.56. The summed E-state index contributed by atoms with van der Waals surface area (Å²) in [7, 11) is -2.74. The molecule has 1 aromatic heterocycles. The lowest BCUT2D eigenvalue weighted by Gasteiger charge is -2.13. The van der Waals surface area contributed by atoms with E-state index >= 15 is 0 Å². The number of halogens is 1. The number of nitrogens with zero attached hydrogens (tertiary/aromatic N) is 2. The van der Waals surface area contributed by atoms with Gasteiger partial charge in [-0.25, -0.2) is 22.8 Å². The molecule has 0 aliphatic rings. The van der Waals surface area contributed by atoms with Crippen LogP contribution in [0.3, 0.4) is 0 Å². The Morgan fingerprint density at radius 3 is 1.89 bits per heavy atom. The van der Waals surface area contributed by atoms with Crippen molar-refractivity contribution < 1.29 is 17.5 Å². The van der Waals surface area contributed by atoms with Crippen molar-refractivity contribution in [3.05, 3.63) is 90.0 Å². The van der Waals surface area contributed by atoms with Crippen molar-refractivity contribution in [2.24, 2.45) is 0 Å². The van der Waals surface area contributed by atoms with Crippen molar-refractivity contribution >= 4 is 38.7 Å². The summed E-state index contributed by atoms with van der Waals surface area (Å²) in [5.74, 6) is 1.16. The van der Waals surface area contributed by atoms with Crippen LogP contribution >= 0.6 is 0 Å². The lowest BCUT2D eigenvalue weighted by Crippen LogP contribution is -2.14. The van der Waals surface area contributed by atoms with Gasteiger partial charge < -0.3 is 15.4 Å². The molecule has 0 atom stereocenters. The molecule has 0 saturated carbocycles. The summed E-state index contributed by atoms with van der Waals surface area (Å²) >= 11 is 0. The van der Waals surface area contributed by atoms with Gasteiger partial charge in [-0.15, -0.1) is 0 Å². The van der Waals surface area contributed by atoms with Crippen LogP contribution in [0, 0.1) is 19.7 Å². The molecule has 180 valence electrons. The number of aryl methyl sites for hydroxylation is 2. The number of hydrogen-bond acceptors (Lipinski definition) is 7. The normalized spacial score (nSPS) is 11.1. The van der Waals surface area contributed by atoms with Crippen LogP contribution in [0.15, 0.2) is 77.7 Å². The average Bonchev–Trinajstić information content (AvgIpc) is 2.81. The highest BCUT2D eigenvalue weighted by Gasteiger charge is 2.20. The molecular weight excluding hydrogens is 469 g/mol. The maximum atomic E-state index is 13.6. The second-order valence-corrected chi connectivity index (χ2v) is 9.43. The molecule has 35 heavy (non-hydrogen) atoms. The summed E-state index contributed by atoms with van der Waals surface area (Å²) in [6, 6.07) is 19.6. The Morgan fingerprint density at radius 2 is 1.31 bits per heavy atom. The lowest BCUT2D eigenvalue weighted by atomic mass is 10.2. The molecule has 0 aliphatic heterocycles. The second-order valence-electron chi connectivity index (χ2n) is 7.78. The topological polar surface area (TPSA) is 105 Å². The lowest BCUT2D eigenvalue weighted by molar-refractivity contribution is 0.401. The first-order valence-electron chi connectivity index (χ1n) is 10.6. The van der Waals surface area contributed by atoms with E-state index < -0.39 is 15.8 Å². The van der Waals surface area contributed by atoms with Crippen LogP contribution in [-0.2, 0) is 10.0 Å². The Labute approximate surface area is 203 Å². The van der Waals surface area contributed by atoms with Crippen LogP contribution in [-0.4, -0.2) is 25.5 Å². The van der Waals surface area contributed by atoms with Crippen molar-refractivity contribution in [2.75, 3.05) is 22.5 Å².